The van der Waals surface area contributed by atoms with Gasteiger partial charge in [-0.05, 0) is 78.8 Å². The van der Waals surface area contributed by atoms with Crippen molar-refractivity contribution in [2.75, 3.05) is 19.6 Å². The molecular formula is C15H21BrN2O. The van der Waals surface area contributed by atoms with Crippen molar-refractivity contribution < 1.29 is 4.79 Å². The second kappa shape index (κ2) is 7.06. The molecule has 0 aromatic heterocycles. The van der Waals surface area contributed by atoms with E-state index in [9.17, 15) is 4.79 Å². The molecule has 1 amide bonds. The predicted molar refractivity (Wildman–Crippen MR) is 81.4 cm³/mol. The highest BCUT2D eigenvalue weighted by Gasteiger charge is 2.14. The quantitative estimate of drug-likeness (QED) is 0.894. The minimum atomic E-state index is 0.00986. The third-order valence-corrected chi connectivity index (χ3v) is 4.26. The topological polar surface area (TPSA) is 41.1 Å². The zero-order chi connectivity index (χ0) is 13.7. The van der Waals surface area contributed by atoms with Crippen molar-refractivity contribution in [2.45, 2.75) is 26.2 Å². The maximum atomic E-state index is 12.1. The third kappa shape index (κ3) is 4.32. The molecule has 1 aliphatic rings. The van der Waals surface area contributed by atoms with Crippen LogP contribution in [0.15, 0.2) is 22.7 Å². The zero-order valence-corrected chi connectivity index (χ0v) is 12.9. The number of benzene rings is 1. The first kappa shape index (κ1) is 14.5. The number of hydrogen-bond acceptors (Lipinski definition) is 2. The maximum Gasteiger partial charge on any atom is 0.252 e. The Morgan fingerprint density at radius 1 is 1.53 bits per heavy atom. The second-order valence-electron chi connectivity index (χ2n) is 5.24. The number of aryl methyl sites for hydroxylation is 1. The van der Waals surface area contributed by atoms with Crippen LogP contribution in [0.3, 0.4) is 0 Å². The highest BCUT2D eigenvalue weighted by Crippen LogP contribution is 2.18. The third-order valence-electron chi connectivity index (χ3n) is 3.61. The molecule has 1 aliphatic heterocycles. The van der Waals surface area contributed by atoms with Crippen molar-refractivity contribution >= 4 is 21.8 Å². The molecule has 1 atom stereocenters. The minimum absolute atomic E-state index is 0.00986. The molecular weight excluding hydrogens is 304 g/mol. The summed E-state index contributed by atoms with van der Waals surface area (Å²) < 4.78 is 0.865. The molecule has 104 valence electrons. The summed E-state index contributed by atoms with van der Waals surface area (Å²) in [6.45, 7) is 5.00. The lowest BCUT2D eigenvalue weighted by atomic mass is 9.96. The Labute approximate surface area is 123 Å². The van der Waals surface area contributed by atoms with Crippen molar-refractivity contribution in [1.82, 2.24) is 10.6 Å². The van der Waals surface area contributed by atoms with E-state index in [1.807, 2.05) is 25.1 Å². The van der Waals surface area contributed by atoms with Crippen molar-refractivity contribution in [2.24, 2.45) is 5.92 Å². The molecule has 1 unspecified atom stereocenters. The molecule has 1 aromatic rings. The van der Waals surface area contributed by atoms with Gasteiger partial charge < -0.3 is 10.6 Å². The fraction of sp³-hybridized carbons (Fsp3) is 0.533. The van der Waals surface area contributed by atoms with Crippen LogP contribution in [0.25, 0.3) is 0 Å². The van der Waals surface area contributed by atoms with E-state index in [2.05, 4.69) is 26.6 Å². The second-order valence-corrected chi connectivity index (χ2v) is 6.09. The molecule has 3 nitrogen and oxygen atoms in total. The molecule has 19 heavy (non-hydrogen) atoms. The van der Waals surface area contributed by atoms with E-state index in [1.54, 1.807) is 0 Å². The van der Waals surface area contributed by atoms with Crippen LogP contribution >= 0.6 is 15.9 Å². The average Bonchev–Trinajstić information content (AvgIpc) is 2.39. The Bertz CT molecular complexity index is 442. The van der Waals surface area contributed by atoms with Gasteiger partial charge in [0, 0.05) is 11.0 Å². The Morgan fingerprint density at radius 2 is 2.37 bits per heavy atom. The summed E-state index contributed by atoms with van der Waals surface area (Å²) in [6.07, 6.45) is 3.58. The maximum absolute atomic E-state index is 12.1. The molecule has 4 heteroatoms. The molecule has 2 N–H and O–H groups in total. The number of carbonyl (C=O) groups excluding carboxylic acids is 1. The van der Waals surface area contributed by atoms with Gasteiger partial charge in [-0.2, -0.15) is 0 Å². The number of halogens is 1. The number of piperidine rings is 1. The summed E-state index contributed by atoms with van der Waals surface area (Å²) in [5, 5.41) is 6.41. The number of hydrogen-bond donors (Lipinski definition) is 2. The standard InChI is InChI=1S/C15H21BrN2O/c1-11-4-5-13(14(16)9-11)15(19)18-8-6-12-3-2-7-17-10-12/h4-5,9,12,17H,2-3,6-8,10H2,1H3,(H,18,19). The lowest BCUT2D eigenvalue weighted by molar-refractivity contribution is 0.0950. The molecule has 0 saturated carbocycles. The Balaban J connectivity index is 1.80. The van der Waals surface area contributed by atoms with Crippen LogP contribution < -0.4 is 10.6 Å². The summed E-state index contributed by atoms with van der Waals surface area (Å²) in [4.78, 5) is 12.1. The summed E-state index contributed by atoms with van der Waals surface area (Å²) >= 11 is 3.45. The van der Waals surface area contributed by atoms with Gasteiger partial charge in [0.15, 0.2) is 0 Å². The van der Waals surface area contributed by atoms with Crippen LogP contribution in [0.2, 0.25) is 0 Å². The van der Waals surface area contributed by atoms with Crippen LogP contribution in [0.1, 0.15) is 35.2 Å². The van der Waals surface area contributed by atoms with E-state index in [0.29, 0.717) is 11.5 Å². The van der Waals surface area contributed by atoms with Gasteiger partial charge in [-0.15, -0.1) is 0 Å². The summed E-state index contributed by atoms with van der Waals surface area (Å²) in [5.41, 5.74) is 1.86. The fourth-order valence-electron chi connectivity index (χ4n) is 2.46. The predicted octanol–water partition coefficient (Wildman–Crippen LogP) is 2.88. The first-order chi connectivity index (χ1) is 9.16. The minimum Gasteiger partial charge on any atom is -0.352 e. The molecule has 1 saturated heterocycles. The monoisotopic (exact) mass is 324 g/mol. The molecule has 0 spiro atoms. The van der Waals surface area contributed by atoms with Gasteiger partial charge in [0.25, 0.3) is 5.91 Å². The number of carbonyl (C=O) groups is 1. The van der Waals surface area contributed by atoms with E-state index in [1.165, 1.54) is 12.8 Å². The van der Waals surface area contributed by atoms with Crippen LogP contribution in [-0.4, -0.2) is 25.5 Å². The highest BCUT2D eigenvalue weighted by atomic mass is 79.9. The van der Waals surface area contributed by atoms with Crippen molar-refractivity contribution in [3.8, 4) is 0 Å². The number of rotatable bonds is 4. The molecule has 0 bridgehead atoms. The van der Waals surface area contributed by atoms with Crippen LogP contribution in [0, 0.1) is 12.8 Å². The van der Waals surface area contributed by atoms with Crippen molar-refractivity contribution in [1.29, 1.82) is 0 Å². The normalized spacial score (nSPS) is 19.2. The van der Waals surface area contributed by atoms with Gasteiger partial charge >= 0.3 is 0 Å². The largest absolute Gasteiger partial charge is 0.352 e. The van der Waals surface area contributed by atoms with Crippen molar-refractivity contribution in [3.63, 3.8) is 0 Å². The van der Waals surface area contributed by atoms with Gasteiger partial charge in [-0.25, -0.2) is 0 Å². The van der Waals surface area contributed by atoms with E-state index in [4.69, 9.17) is 0 Å². The van der Waals surface area contributed by atoms with Gasteiger partial charge in [-0.1, -0.05) is 6.07 Å². The average molecular weight is 325 g/mol. The lowest BCUT2D eigenvalue weighted by Gasteiger charge is -2.22. The van der Waals surface area contributed by atoms with Crippen molar-refractivity contribution in [3.05, 3.63) is 33.8 Å². The van der Waals surface area contributed by atoms with Crippen LogP contribution in [0.5, 0.6) is 0 Å². The van der Waals surface area contributed by atoms with Crippen LogP contribution in [-0.2, 0) is 0 Å². The Morgan fingerprint density at radius 3 is 3.05 bits per heavy atom. The zero-order valence-electron chi connectivity index (χ0n) is 11.3. The fourth-order valence-corrected chi connectivity index (χ4v) is 3.13. The van der Waals surface area contributed by atoms with E-state index in [0.717, 1.165) is 36.1 Å². The van der Waals surface area contributed by atoms with Gasteiger partial charge in [0.05, 0.1) is 5.56 Å². The SMILES string of the molecule is Cc1ccc(C(=O)NCCC2CCCNC2)c(Br)c1. The number of nitrogens with one attached hydrogen (secondary N) is 2. The van der Waals surface area contributed by atoms with E-state index < -0.39 is 0 Å². The Hall–Kier alpha value is -0.870. The van der Waals surface area contributed by atoms with Gasteiger partial charge in [0.1, 0.15) is 0 Å². The first-order valence-corrected chi connectivity index (χ1v) is 7.71. The molecule has 0 aliphatic carbocycles. The Kier molecular flexibility index (Phi) is 5.40. The van der Waals surface area contributed by atoms with Crippen LogP contribution in [0.4, 0.5) is 0 Å². The summed E-state index contributed by atoms with van der Waals surface area (Å²) in [6, 6.07) is 5.81. The smallest absolute Gasteiger partial charge is 0.252 e. The molecule has 1 fully saturated rings. The lowest BCUT2D eigenvalue weighted by Crippen LogP contribution is -2.33. The molecule has 1 heterocycles. The molecule has 2 rings (SSSR count). The van der Waals surface area contributed by atoms with E-state index >= 15 is 0 Å². The first-order valence-electron chi connectivity index (χ1n) is 6.92. The molecule has 0 radical (unpaired) electrons. The summed E-state index contributed by atoms with van der Waals surface area (Å²) in [7, 11) is 0. The van der Waals surface area contributed by atoms with E-state index in [-0.39, 0.29) is 5.91 Å². The molecule has 1 aromatic carbocycles. The highest BCUT2D eigenvalue weighted by molar-refractivity contribution is 9.10. The summed E-state index contributed by atoms with van der Waals surface area (Å²) in [5.74, 6) is 0.714. The van der Waals surface area contributed by atoms with Gasteiger partial charge in [0.2, 0.25) is 0 Å². The van der Waals surface area contributed by atoms with Gasteiger partial charge in [-0.3, -0.25) is 4.79 Å². The number of amides is 1.